The molecule has 0 saturated carbocycles. The van der Waals surface area contributed by atoms with Gasteiger partial charge in [0.15, 0.2) is 13.2 Å². The Morgan fingerprint density at radius 3 is 1.85 bits per heavy atom. The number of halogens is 6. The fourth-order valence-electron chi connectivity index (χ4n) is 1.47. The molecule has 0 radical (unpaired) electrons. The lowest BCUT2D eigenvalue weighted by molar-refractivity contribution is -0.165. The first-order valence-electron chi connectivity index (χ1n) is 6.92. The quantitative estimate of drug-likeness (QED) is 0.386. The van der Waals surface area contributed by atoms with Crippen LogP contribution in [0.3, 0.4) is 0 Å². The molecular formula is C13H14F6NO5P. The van der Waals surface area contributed by atoms with E-state index >= 15 is 0 Å². The molecular weight excluding hydrogens is 395 g/mol. The zero-order valence-electron chi connectivity index (χ0n) is 13.2. The summed E-state index contributed by atoms with van der Waals surface area (Å²) in [5.41, 5.74) is -0.120. The number of anilines is 1. The number of rotatable bonds is 8. The Labute approximate surface area is 144 Å². The van der Waals surface area contributed by atoms with Gasteiger partial charge in [-0.2, -0.15) is 26.3 Å². The van der Waals surface area contributed by atoms with Gasteiger partial charge in [0.1, 0.15) is 0 Å². The topological polar surface area (TPSA) is 73.9 Å². The van der Waals surface area contributed by atoms with Gasteiger partial charge in [0, 0.05) is 5.69 Å². The van der Waals surface area contributed by atoms with Crippen LogP contribution in [-0.2, 0) is 18.3 Å². The molecule has 0 saturated heterocycles. The third-order valence-electron chi connectivity index (χ3n) is 2.46. The standard InChI is InChI=1S/C13H14F6NO5P/c1-2-23-11(21)9-3-5-10(6-4-9)20-26(22,24-7-12(14,15)16)25-8-13(17,18)19/h3-6H,2,7-8H2,1H3,(H,20,22). The van der Waals surface area contributed by atoms with Crippen LogP contribution in [0.25, 0.3) is 0 Å². The molecule has 0 atom stereocenters. The zero-order chi connectivity index (χ0) is 20.0. The molecule has 0 aliphatic rings. The molecule has 0 aromatic heterocycles. The van der Waals surface area contributed by atoms with E-state index in [2.05, 4.69) is 9.05 Å². The monoisotopic (exact) mass is 409 g/mol. The minimum atomic E-state index is -4.99. The lowest BCUT2D eigenvalue weighted by Gasteiger charge is -2.21. The molecule has 6 nitrogen and oxygen atoms in total. The van der Waals surface area contributed by atoms with Crippen molar-refractivity contribution >= 4 is 19.4 Å². The smallest absolute Gasteiger partial charge is 0.433 e. The number of nitrogens with one attached hydrogen (secondary N) is 1. The first-order valence-corrected chi connectivity index (χ1v) is 8.46. The number of benzene rings is 1. The average Bonchev–Trinajstić information content (AvgIpc) is 2.51. The van der Waals surface area contributed by atoms with Crippen molar-refractivity contribution in [2.45, 2.75) is 19.3 Å². The lowest BCUT2D eigenvalue weighted by atomic mass is 10.2. The van der Waals surface area contributed by atoms with Crippen molar-refractivity contribution in [1.82, 2.24) is 0 Å². The van der Waals surface area contributed by atoms with Crippen LogP contribution >= 0.6 is 7.75 Å². The Morgan fingerprint density at radius 1 is 1.00 bits per heavy atom. The van der Waals surface area contributed by atoms with E-state index in [-0.39, 0.29) is 17.9 Å². The molecule has 0 aliphatic heterocycles. The first-order chi connectivity index (χ1) is 11.8. The predicted molar refractivity (Wildman–Crippen MR) is 77.6 cm³/mol. The maximum absolute atomic E-state index is 12.2. The summed E-state index contributed by atoms with van der Waals surface area (Å²) >= 11 is 0. The van der Waals surface area contributed by atoms with Gasteiger partial charge in [0.05, 0.1) is 12.2 Å². The molecule has 0 fully saturated rings. The fraction of sp³-hybridized carbons (Fsp3) is 0.462. The SMILES string of the molecule is CCOC(=O)c1ccc(NP(=O)(OCC(F)(F)F)OCC(F)(F)F)cc1. The lowest BCUT2D eigenvalue weighted by Crippen LogP contribution is -2.22. The summed E-state index contributed by atoms with van der Waals surface area (Å²) in [5.74, 6) is -0.691. The highest BCUT2D eigenvalue weighted by atomic mass is 31.2. The Hall–Kier alpha value is -1.78. The summed E-state index contributed by atoms with van der Waals surface area (Å²) in [6.07, 6.45) is -9.88. The number of hydrogen-bond acceptors (Lipinski definition) is 5. The number of carbonyl (C=O) groups excluding carboxylic acids is 1. The Morgan fingerprint density at radius 2 is 1.46 bits per heavy atom. The molecule has 148 valence electrons. The highest BCUT2D eigenvalue weighted by molar-refractivity contribution is 7.55. The van der Waals surface area contributed by atoms with Crippen LogP contribution in [0.1, 0.15) is 17.3 Å². The van der Waals surface area contributed by atoms with Gasteiger partial charge in [-0.3, -0.25) is 14.1 Å². The van der Waals surface area contributed by atoms with Gasteiger partial charge in [-0.25, -0.2) is 9.36 Å². The minimum Gasteiger partial charge on any atom is -0.462 e. The molecule has 0 unspecified atom stereocenters. The molecule has 1 N–H and O–H groups in total. The summed E-state index contributed by atoms with van der Waals surface area (Å²) < 4.78 is 98.1. The largest absolute Gasteiger partial charge is 0.462 e. The van der Waals surface area contributed by atoms with Crippen LogP contribution in [0.5, 0.6) is 0 Å². The number of ether oxygens (including phenoxy) is 1. The minimum absolute atomic E-state index is 0.0691. The molecule has 0 bridgehead atoms. The van der Waals surface area contributed by atoms with Crippen LogP contribution < -0.4 is 5.09 Å². The van der Waals surface area contributed by atoms with E-state index in [9.17, 15) is 35.7 Å². The second-order valence-electron chi connectivity index (χ2n) is 4.68. The highest BCUT2D eigenvalue weighted by Crippen LogP contribution is 2.49. The van der Waals surface area contributed by atoms with E-state index in [1.54, 1.807) is 6.92 Å². The second kappa shape index (κ2) is 8.74. The molecule has 0 amide bonds. The Kier molecular flexibility index (Phi) is 7.48. The van der Waals surface area contributed by atoms with E-state index in [1.165, 1.54) is 0 Å². The van der Waals surface area contributed by atoms with Crippen molar-refractivity contribution < 1.29 is 49.5 Å². The van der Waals surface area contributed by atoms with Crippen molar-refractivity contribution in [3.63, 3.8) is 0 Å². The average molecular weight is 409 g/mol. The van der Waals surface area contributed by atoms with Gasteiger partial charge in [0.2, 0.25) is 0 Å². The van der Waals surface area contributed by atoms with E-state index < -0.39 is 39.3 Å². The molecule has 0 spiro atoms. The fourth-order valence-corrected chi connectivity index (χ4v) is 2.77. The van der Waals surface area contributed by atoms with Crippen LogP contribution in [0.15, 0.2) is 24.3 Å². The van der Waals surface area contributed by atoms with Crippen molar-refractivity contribution in [2.24, 2.45) is 0 Å². The maximum Gasteiger partial charge on any atom is 0.433 e. The molecule has 26 heavy (non-hydrogen) atoms. The third kappa shape index (κ3) is 8.54. The summed E-state index contributed by atoms with van der Waals surface area (Å²) in [6, 6.07) is 4.51. The number of hydrogen-bond donors (Lipinski definition) is 1. The third-order valence-corrected chi connectivity index (χ3v) is 3.93. The van der Waals surface area contributed by atoms with Crippen LogP contribution in [0.2, 0.25) is 0 Å². The van der Waals surface area contributed by atoms with Gasteiger partial charge in [-0.1, -0.05) is 0 Å². The summed E-state index contributed by atoms with van der Waals surface area (Å²) in [7, 11) is -4.99. The van der Waals surface area contributed by atoms with Crippen molar-refractivity contribution in [1.29, 1.82) is 0 Å². The Bertz CT molecular complexity index is 624. The first kappa shape index (κ1) is 22.3. The van der Waals surface area contributed by atoms with Gasteiger partial charge < -0.3 is 4.74 Å². The van der Waals surface area contributed by atoms with Crippen molar-refractivity contribution in [3.8, 4) is 0 Å². The zero-order valence-corrected chi connectivity index (χ0v) is 14.1. The molecule has 1 aromatic rings. The van der Waals surface area contributed by atoms with Crippen LogP contribution in [0.4, 0.5) is 32.0 Å². The summed E-state index contributed by atoms with van der Waals surface area (Å²) in [5, 5.41) is 1.86. The molecule has 1 rings (SSSR count). The molecule has 0 heterocycles. The van der Waals surface area contributed by atoms with Crippen LogP contribution in [-0.4, -0.2) is 38.1 Å². The normalized spacial score (nSPS) is 12.7. The van der Waals surface area contributed by atoms with Gasteiger partial charge in [-0.15, -0.1) is 0 Å². The highest BCUT2D eigenvalue weighted by Gasteiger charge is 2.38. The van der Waals surface area contributed by atoms with Crippen LogP contribution in [0, 0.1) is 0 Å². The number of esters is 1. The van der Waals surface area contributed by atoms with Gasteiger partial charge in [0.25, 0.3) is 0 Å². The van der Waals surface area contributed by atoms with E-state index in [0.717, 1.165) is 24.3 Å². The van der Waals surface area contributed by atoms with Crippen molar-refractivity contribution in [3.05, 3.63) is 29.8 Å². The predicted octanol–water partition coefficient (Wildman–Crippen LogP) is 4.54. The summed E-state index contributed by atoms with van der Waals surface area (Å²) in [6.45, 7) is -2.50. The second-order valence-corrected chi connectivity index (χ2v) is 6.42. The molecule has 1 aromatic carbocycles. The Balaban J connectivity index is 2.90. The number of alkyl halides is 6. The summed E-state index contributed by atoms with van der Waals surface area (Å²) in [4.78, 5) is 11.5. The van der Waals surface area contributed by atoms with E-state index in [4.69, 9.17) is 4.74 Å². The number of carbonyl (C=O) groups is 1. The molecule has 13 heteroatoms. The van der Waals surface area contributed by atoms with Crippen molar-refractivity contribution in [2.75, 3.05) is 24.9 Å². The maximum atomic E-state index is 12.2. The van der Waals surface area contributed by atoms with Gasteiger partial charge in [-0.05, 0) is 31.2 Å². The van der Waals surface area contributed by atoms with Gasteiger partial charge >= 0.3 is 26.1 Å². The molecule has 0 aliphatic carbocycles. The van der Waals surface area contributed by atoms with E-state index in [1.807, 2.05) is 5.09 Å². The van der Waals surface area contributed by atoms with E-state index in [0.29, 0.717) is 0 Å².